The molecule has 0 saturated heterocycles. The third-order valence-electron chi connectivity index (χ3n) is 3.20. The largest absolute Gasteiger partial charge is 0.456 e. The summed E-state index contributed by atoms with van der Waals surface area (Å²) >= 11 is 0. The lowest BCUT2D eigenvalue weighted by molar-refractivity contribution is 0.0531. The molecule has 0 fully saturated rings. The lowest BCUT2D eigenvalue weighted by Crippen LogP contribution is -2.22. The average Bonchev–Trinajstić information content (AvgIpc) is 2.30. The van der Waals surface area contributed by atoms with E-state index in [9.17, 15) is 5.11 Å². The fourth-order valence-corrected chi connectivity index (χ4v) is 1.71. The quantitative estimate of drug-likeness (QED) is 0.734. The normalized spacial score (nSPS) is 17.9. The number of rotatable bonds is 2. The van der Waals surface area contributed by atoms with Crippen LogP contribution in [-0.2, 0) is 5.60 Å². The standard InChI is InChI=1S/C13H18N2O2/c1-4-13(3,16)9-5-6-11-10(7-9)15-12(14)8(2)17-11/h5-7,15-16H,4,14H2,1-3H3. The van der Waals surface area contributed by atoms with Crippen molar-refractivity contribution in [3.8, 4) is 5.75 Å². The van der Waals surface area contributed by atoms with Crippen LogP contribution in [0.15, 0.2) is 29.8 Å². The Kier molecular flexibility index (Phi) is 2.75. The van der Waals surface area contributed by atoms with Gasteiger partial charge in [-0.2, -0.15) is 0 Å². The first kappa shape index (κ1) is 11.8. The number of benzene rings is 1. The Labute approximate surface area is 101 Å². The molecule has 2 rings (SSSR count). The second-order valence-corrected chi connectivity index (χ2v) is 4.54. The van der Waals surface area contributed by atoms with E-state index >= 15 is 0 Å². The van der Waals surface area contributed by atoms with E-state index < -0.39 is 5.60 Å². The maximum absolute atomic E-state index is 10.2. The van der Waals surface area contributed by atoms with Crippen LogP contribution >= 0.6 is 0 Å². The lowest BCUT2D eigenvalue weighted by atomic mass is 9.93. The van der Waals surface area contributed by atoms with Crippen LogP contribution in [0.4, 0.5) is 5.69 Å². The molecule has 1 aromatic carbocycles. The second-order valence-electron chi connectivity index (χ2n) is 4.54. The molecule has 4 heteroatoms. The molecule has 0 saturated carbocycles. The fraction of sp³-hybridized carbons (Fsp3) is 0.385. The molecular formula is C13H18N2O2. The summed E-state index contributed by atoms with van der Waals surface area (Å²) < 4.78 is 5.56. The molecule has 0 radical (unpaired) electrons. The van der Waals surface area contributed by atoms with Gasteiger partial charge in [0.05, 0.1) is 11.3 Å². The Morgan fingerprint density at radius 3 is 2.82 bits per heavy atom. The molecule has 1 aliphatic rings. The first-order valence-electron chi connectivity index (χ1n) is 5.72. The molecule has 1 aliphatic heterocycles. The van der Waals surface area contributed by atoms with Crippen LogP contribution in [-0.4, -0.2) is 5.11 Å². The van der Waals surface area contributed by atoms with Crippen LogP contribution in [0.5, 0.6) is 5.75 Å². The molecular weight excluding hydrogens is 216 g/mol. The lowest BCUT2D eigenvalue weighted by Gasteiger charge is -2.26. The van der Waals surface area contributed by atoms with Crippen molar-refractivity contribution in [3.05, 3.63) is 35.3 Å². The van der Waals surface area contributed by atoms with Gasteiger partial charge in [-0.3, -0.25) is 0 Å². The van der Waals surface area contributed by atoms with Gasteiger partial charge in [0.25, 0.3) is 0 Å². The zero-order chi connectivity index (χ0) is 12.6. The third kappa shape index (κ3) is 2.08. The van der Waals surface area contributed by atoms with Crippen molar-refractivity contribution in [2.45, 2.75) is 32.8 Å². The molecule has 92 valence electrons. The molecule has 4 nitrogen and oxygen atoms in total. The van der Waals surface area contributed by atoms with Crippen molar-refractivity contribution in [1.82, 2.24) is 0 Å². The van der Waals surface area contributed by atoms with Gasteiger partial charge in [0, 0.05) is 0 Å². The van der Waals surface area contributed by atoms with Gasteiger partial charge in [-0.15, -0.1) is 0 Å². The van der Waals surface area contributed by atoms with Crippen LogP contribution in [0, 0.1) is 0 Å². The maximum Gasteiger partial charge on any atom is 0.150 e. The highest BCUT2D eigenvalue weighted by Crippen LogP contribution is 2.35. The highest BCUT2D eigenvalue weighted by Gasteiger charge is 2.23. The van der Waals surface area contributed by atoms with E-state index in [1.54, 1.807) is 13.8 Å². The summed E-state index contributed by atoms with van der Waals surface area (Å²) in [4.78, 5) is 0. The number of nitrogens with one attached hydrogen (secondary N) is 1. The average molecular weight is 234 g/mol. The second kappa shape index (κ2) is 3.96. The van der Waals surface area contributed by atoms with E-state index in [2.05, 4.69) is 5.32 Å². The Hall–Kier alpha value is -1.68. The van der Waals surface area contributed by atoms with E-state index in [1.807, 2.05) is 25.1 Å². The number of hydrogen-bond donors (Lipinski definition) is 3. The summed E-state index contributed by atoms with van der Waals surface area (Å²) in [5.74, 6) is 1.89. The van der Waals surface area contributed by atoms with E-state index in [1.165, 1.54) is 0 Å². The smallest absolute Gasteiger partial charge is 0.150 e. The van der Waals surface area contributed by atoms with Crippen LogP contribution in [0.25, 0.3) is 0 Å². The van der Waals surface area contributed by atoms with Crippen molar-refractivity contribution in [2.24, 2.45) is 5.73 Å². The van der Waals surface area contributed by atoms with Crippen LogP contribution in [0.2, 0.25) is 0 Å². The van der Waals surface area contributed by atoms with Crippen molar-refractivity contribution in [3.63, 3.8) is 0 Å². The molecule has 0 aromatic heterocycles. The Morgan fingerprint density at radius 2 is 2.18 bits per heavy atom. The van der Waals surface area contributed by atoms with Crippen LogP contribution < -0.4 is 15.8 Å². The molecule has 0 bridgehead atoms. The molecule has 1 aromatic rings. The number of allylic oxidation sites excluding steroid dienone is 1. The summed E-state index contributed by atoms with van der Waals surface area (Å²) in [6, 6.07) is 5.59. The zero-order valence-electron chi connectivity index (χ0n) is 10.4. The summed E-state index contributed by atoms with van der Waals surface area (Å²) in [5, 5.41) is 13.3. The number of fused-ring (bicyclic) bond motifs is 1. The fourth-order valence-electron chi connectivity index (χ4n) is 1.71. The molecule has 0 amide bonds. The van der Waals surface area contributed by atoms with Gasteiger partial charge in [-0.1, -0.05) is 13.0 Å². The highest BCUT2D eigenvalue weighted by molar-refractivity contribution is 5.64. The Morgan fingerprint density at radius 1 is 1.47 bits per heavy atom. The predicted molar refractivity (Wildman–Crippen MR) is 67.4 cm³/mol. The van der Waals surface area contributed by atoms with Crippen molar-refractivity contribution < 1.29 is 9.84 Å². The molecule has 0 aliphatic carbocycles. The molecule has 1 unspecified atom stereocenters. The number of aliphatic hydroxyl groups is 1. The van der Waals surface area contributed by atoms with Crippen molar-refractivity contribution in [2.75, 3.05) is 5.32 Å². The third-order valence-corrected chi connectivity index (χ3v) is 3.20. The monoisotopic (exact) mass is 234 g/mol. The van der Waals surface area contributed by atoms with E-state index in [4.69, 9.17) is 10.5 Å². The van der Waals surface area contributed by atoms with E-state index in [-0.39, 0.29) is 0 Å². The molecule has 17 heavy (non-hydrogen) atoms. The van der Waals surface area contributed by atoms with Gasteiger partial charge in [0.2, 0.25) is 0 Å². The number of ether oxygens (including phenoxy) is 1. The number of hydrogen-bond acceptors (Lipinski definition) is 4. The SMILES string of the molecule is CCC(C)(O)c1ccc2c(c1)NC(N)=C(C)O2. The topological polar surface area (TPSA) is 67.5 Å². The van der Waals surface area contributed by atoms with Gasteiger partial charge in [-0.05, 0) is 38.0 Å². The summed E-state index contributed by atoms with van der Waals surface area (Å²) in [6.45, 7) is 5.55. The maximum atomic E-state index is 10.2. The van der Waals surface area contributed by atoms with Gasteiger partial charge >= 0.3 is 0 Å². The van der Waals surface area contributed by atoms with Crippen molar-refractivity contribution in [1.29, 1.82) is 0 Å². The minimum Gasteiger partial charge on any atom is -0.456 e. The highest BCUT2D eigenvalue weighted by atomic mass is 16.5. The summed E-state index contributed by atoms with van der Waals surface area (Å²) in [5.41, 5.74) is 6.57. The van der Waals surface area contributed by atoms with Gasteiger partial charge in [0.1, 0.15) is 11.6 Å². The number of nitrogens with two attached hydrogens (primary N) is 1. The molecule has 1 heterocycles. The van der Waals surface area contributed by atoms with E-state index in [0.717, 1.165) is 17.0 Å². The van der Waals surface area contributed by atoms with Gasteiger partial charge in [0.15, 0.2) is 5.75 Å². The predicted octanol–water partition coefficient (Wildman–Crippen LogP) is 2.26. The number of anilines is 1. The first-order valence-corrected chi connectivity index (χ1v) is 5.72. The molecule has 4 N–H and O–H groups in total. The van der Waals surface area contributed by atoms with Gasteiger partial charge < -0.3 is 20.9 Å². The Balaban J connectivity index is 2.39. The van der Waals surface area contributed by atoms with Gasteiger partial charge in [-0.25, -0.2) is 0 Å². The van der Waals surface area contributed by atoms with Crippen LogP contribution in [0.3, 0.4) is 0 Å². The van der Waals surface area contributed by atoms with E-state index in [0.29, 0.717) is 18.0 Å². The molecule has 0 spiro atoms. The molecule has 1 atom stereocenters. The summed E-state index contributed by atoms with van der Waals surface area (Å²) in [7, 11) is 0. The summed E-state index contributed by atoms with van der Waals surface area (Å²) in [6.07, 6.45) is 0.650. The van der Waals surface area contributed by atoms with Crippen LogP contribution in [0.1, 0.15) is 32.8 Å². The van der Waals surface area contributed by atoms with Crippen molar-refractivity contribution >= 4 is 5.69 Å². The Bertz CT molecular complexity index is 478. The minimum absolute atomic E-state index is 0.505. The zero-order valence-corrected chi connectivity index (χ0v) is 10.4. The first-order chi connectivity index (χ1) is 7.94. The minimum atomic E-state index is -0.832.